The Hall–Kier alpha value is -0.900. The zero-order valence-corrected chi connectivity index (χ0v) is 13.1. The quantitative estimate of drug-likeness (QED) is 0.919. The molecular formula is C16H28N4. The Morgan fingerprint density at radius 1 is 1.15 bits per heavy atom. The van der Waals surface area contributed by atoms with Crippen molar-refractivity contribution in [1.82, 2.24) is 20.1 Å². The van der Waals surface area contributed by atoms with Gasteiger partial charge in [-0.25, -0.2) is 0 Å². The van der Waals surface area contributed by atoms with Crippen LogP contribution in [0.3, 0.4) is 0 Å². The van der Waals surface area contributed by atoms with Gasteiger partial charge in [0.15, 0.2) is 0 Å². The number of rotatable bonds is 4. The highest BCUT2D eigenvalue weighted by Crippen LogP contribution is 2.35. The van der Waals surface area contributed by atoms with Crippen LogP contribution in [-0.2, 0) is 13.6 Å². The summed E-state index contributed by atoms with van der Waals surface area (Å²) >= 11 is 0. The summed E-state index contributed by atoms with van der Waals surface area (Å²) in [5, 5.41) is 12.5. The number of nitrogens with zero attached hydrogens (tertiary/aromatic N) is 3. The van der Waals surface area contributed by atoms with Gasteiger partial charge in [-0.1, -0.05) is 20.3 Å². The molecule has 3 rings (SSSR count). The van der Waals surface area contributed by atoms with E-state index in [1.165, 1.54) is 44.3 Å². The third-order valence-electron chi connectivity index (χ3n) is 5.42. The van der Waals surface area contributed by atoms with E-state index in [0.29, 0.717) is 12.0 Å². The highest BCUT2D eigenvalue weighted by Gasteiger charge is 2.27. The van der Waals surface area contributed by atoms with E-state index < -0.39 is 0 Å². The number of nitrogens with one attached hydrogen (secondary N) is 1. The molecule has 0 saturated heterocycles. The SMILES string of the molecule is C[C@@H]1CC[C@@H](NCc2nnc(C3CCC3)n2C)[C@H](C)C1. The Morgan fingerprint density at radius 3 is 2.60 bits per heavy atom. The Balaban J connectivity index is 1.57. The number of hydrogen-bond acceptors (Lipinski definition) is 3. The van der Waals surface area contributed by atoms with Crippen molar-refractivity contribution in [3.8, 4) is 0 Å². The molecule has 1 aromatic rings. The Kier molecular flexibility index (Phi) is 4.11. The van der Waals surface area contributed by atoms with Gasteiger partial charge in [0.25, 0.3) is 0 Å². The van der Waals surface area contributed by atoms with Crippen molar-refractivity contribution in [2.24, 2.45) is 18.9 Å². The molecule has 2 fully saturated rings. The van der Waals surface area contributed by atoms with Crippen molar-refractivity contribution in [3.05, 3.63) is 11.6 Å². The molecule has 3 atom stereocenters. The standard InChI is InChI=1S/C16H28N4/c1-11-7-8-14(12(2)9-11)17-10-15-18-19-16(20(15)3)13-5-4-6-13/h11-14,17H,4-10H2,1-3H3/t11-,12-,14-/m1/s1. The average Bonchev–Trinajstić information content (AvgIpc) is 2.69. The molecule has 0 bridgehead atoms. The molecule has 0 spiro atoms. The number of aromatic nitrogens is 3. The molecule has 0 unspecified atom stereocenters. The van der Waals surface area contributed by atoms with Crippen molar-refractivity contribution < 1.29 is 0 Å². The van der Waals surface area contributed by atoms with E-state index in [0.717, 1.165) is 24.2 Å². The molecule has 0 aliphatic heterocycles. The van der Waals surface area contributed by atoms with E-state index in [1.807, 2.05) is 0 Å². The summed E-state index contributed by atoms with van der Waals surface area (Å²) in [6, 6.07) is 0.648. The van der Waals surface area contributed by atoms with Gasteiger partial charge in [0.1, 0.15) is 11.6 Å². The summed E-state index contributed by atoms with van der Waals surface area (Å²) in [6.45, 7) is 5.61. The van der Waals surface area contributed by atoms with Gasteiger partial charge in [0.05, 0.1) is 6.54 Å². The van der Waals surface area contributed by atoms with Gasteiger partial charge in [0, 0.05) is 19.0 Å². The third kappa shape index (κ3) is 2.76. The molecular weight excluding hydrogens is 248 g/mol. The van der Waals surface area contributed by atoms with Gasteiger partial charge < -0.3 is 9.88 Å². The Morgan fingerprint density at radius 2 is 1.95 bits per heavy atom. The third-order valence-corrected chi connectivity index (χ3v) is 5.42. The lowest BCUT2D eigenvalue weighted by atomic mass is 9.80. The van der Waals surface area contributed by atoms with Gasteiger partial charge in [-0.2, -0.15) is 0 Å². The molecule has 0 aromatic carbocycles. The average molecular weight is 276 g/mol. The van der Waals surface area contributed by atoms with Crippen LogP contribution >= 0.6 is 0 Å². The fraction of sp³-hybridized carbons (Fsp3) is 0.875. The Labute approximate surface area is 122 Å². The molecule has 4 nitrogen and oxygen atoms in total. The fourth-order valence-corrected chi connectivity index (χ4v) is 3.74. The normalized spacial score (nSPS) is 31.2. The predicted molar refractivity (Wildman–Crippen MR) is 80.4 cm³/mol. The van der Waals surface area contributed by atoms with Crippen LogP contribution in [-0.4, -0.2) is 20.8 Å². The first-order valence-electron chi connectivity index (χ1n) is 8.26. The molecule has 112 valence electrons. The molecule has 0 radical (unpaired) electrons. The van der Waals surface area contributed by atoms with Crippen molar-refractivity contribution in [1.29, 1.82) is 0 Å². The summed E-state index contributed by atoms with van der Waals surface area (Å²) in [5.41, 5.74) is 0. The van der Waals surface area contributed by atoms with Gasteiger partial charge in [0.2, 0.25) is 0 Å². The fourth-order valence-electron chi connectivity index (χ4n) is 3.74. The van der Waals surface area contributed by atoms with Crippen LogP contribution in [0.15, 0.2) is 0 Å². The first kappa shape index (κ1) is 14.1. The first-order chi connectivity index (χ1) is 9.65. The molecule has 1 heterocycles. The minimum Gasteiger partial charge on any atom is -0.317 e. The molecule has 2 aliphatic rings. The van der Waals surface area contributed by atoms with Gasteiger partial charge in [-0.3, -0.25) is 0 Å². The second-order valence-electron chi connectivity index (χ2n) is 7.04. The molecule has 1 N–H and O–H groups in total. The van der Waals surface area contributed by atoms with Gasteiger partial charge in [-0.15, -0.1) is 10.2 Å². The van der Waals surface area contributed by atoms with Crippen LogP contribution in [0.5, 0.6) is 0 Å². The maximum Gasteiger partial charge on any atom is 0.146 e. The van der Waals surface area contributed by atoms with Crippen LogP contribution in [0.1, 0.15) is 69.9 Å². The van der Waals surface area contributed by atoms with Crippen molar-refractivity contribution in [2.45, 2.75) is 70.9 Å². The van der Waals surface area contributed by atoms with E-state index in [2.05, 4.69) is 41.0 Å². The van der Waals surface area contributed by atoms with E-state index in [4.69, 9.17) is 0 Å². The van der Waals surface area contributed by atoms with E-state index in [9.17, 15) is 0 Å². The predicted octanol–water partition coefficient (Wildman–Crippen LogP) is 3.00. The molecule has 4 heteroatoms. The lowest BCUT2D eigenvalue weighted by molar-refractivity contribution is 0.225. The van der Waals surface area contributed by atoms with Crippen LogP contribution < -0.4 is 5.32 Å². The van der Waals surface area contributed by atoms with E-state index in [-0.39, 0.29) is 0 Å². The van der Waals surface area contributed by atoms with Crippen LogP contribution in [0.4, 0.5) is 0 Å². The maximum absolute atomic E-state index is 4.41. The maximum atomic E-state index is 4.41. The number of hydrogen-bond donors (Lipinski definition) is 1. The second-order valence-corrected chi connectivity index (χ2v) is 7.04. The molecule has 20 heavy (non-hydrogen) atoms. The van der Waals surface area contributed by atoms with Crippen LogP contribution in [0.2, 0.25) is 0 Å². The summed E-state index contributed by atoms with van der Waals surface area (Å²) in [7, 11) is 2.12. The summed E-state index contributed by atoms with van der Waals surface area (Å²) < 4.78 is 2.22. The van der Waals surface area contributed by atoms with Crippen molar-refractivity contribution in [2.75, 3.05) is 0 Å². The first-order valence-corrected chi connectivity index (χ1v) is 8.26. The van der Waals surface area contributed by atoms with E-state index in [1.54, 1.807) is 0 Å². The van der Waals surface area contributed by atoms with Crippen molar-refractivity contribution in [3.63, 3.8) is 0 Å². The molecule has 1 aromatic heterocycles. The largest absolute Gasteiger partial charge is 0.317 e. The highest BCUT2D eigenvalue weighted by atomic mass is 15.3. The molecule has 2 saturated carbocycles. The minimum absolute atomic E-state index is 0.648. The smallest absolute Gasteiger partial charge is 0.146 e. The Bertz CT molecular complexity index is 449. The molecule has 2 aliphatic carbocycles. The minimum atomic E-state index is 0.648. The topological polar surface area (TPSA) is 42.7 Å². The monoisotopic (exact) mass is 276 g/mol. The lowest BCUT2D eigenvalue weighted by Crippen LogP contribution is -2.39. The highest BCUT2D eigenvalue weighted by molar-refractivity contribution is 5.04. The summed E-state index contributed by atoms with van der Waals surface area (Å²) in [5.74, 6) is 4.62. The molecule has 0 amide bonds. The van der Waals surface area contributed by atoms with Crippen molar-refractivity contribution >= 4 is 0 Å². The summed E-state index contributed by atoms with van der Waals surface area (Å²) in [4.78, 5) is 0. The van der Waals surface area contributed by atoms with Gasteiger partial charge >= 0.3 is 0 Å². The van der Waals surface area contributed by atoms with Crippen LogP contribution in [0, 0.1) is 11.8 Å². The van der Waals surface area contributed by atoms with Crippen LogP contribution in [0.25, 0.3) is 0 Å². The lowest BCUT2D eigenvalue weighted by Gasteiger charge is -2.33. The summed E-state index contributed by atoms with van der Waals surface area (Å²) in [6.07, 6.45) is 7.93. The zero-order valence-electron chi connectivity index (χ0n) is 13.1. The van der Waals surface area contributed by atoms with Gasteiger partial charge in [-0.05, 0) is 43.9 Å². The second kappa shape index (κ2) is 5.84. The van der Waals surface area contributed by atoms with E-state index >= 15 is 0 Å². The zero-order chi connectivity index (χ0) is 14.1.